The van der Waals surface area contributed by atoms with Gasteiger partial charge in [-0.1, -0.05) is 0 Å². The fraction of sp³-hybridized carbons (Fsp3) is 1.00. The minimum Gasteiger partial charge on any atom is 1.00 e. The molecule has 0 bridgehead atoms. The van der Waals surface area contributed by atoms with Crippen molar-refractivity contribution in [1.29, 1.82) is 0 Å². The van der Waals surface area contributed by atoms with Gasteiger partial charge in [-0.3, -0.25) is 0 Å². The summed E-state index contributed by atoms with van der Waals surface area (Å²) in [6, 6.07) is 0. The summed E-state index contributed by atoms with van der Waals surface area (Å²) in [5, 5.41) is 0.246. The Morgan fingerprint density at radius 2 is 1.39 bits per heavy atom. The molecule has 0 aliphatic heterocycles. The quantitative estimate of drug-likeness (QED) is 0.386. The molecular formula is C11H24NaO3PSSe+. The zero-order chi connectivity index (χ0) is 14.1. The van der Waals surface area contributed by atoms with Crippen LogP contribution >= 0.6 is 5.95 Å². The second-order valence-electron chi connectivity index (χ2n) is 6.42. The van der Waals surface area contributed by atoms with E-state index in [-0.39, 0.29) is 45.6 Å². The van der Waals surface area contributed by atoms with E-state index < -0.39 is 16.1 Å². The second kappa shape index (κ2) is 7.22. The Kier molecular flexibility index (Phi) is 8.89. The molecule has 0 aliphatic rings. The van der Waals surface area contributed by atoms with E-state index in [9.17, 15) is 13.0 Å². The first-order valence-electron chi connectivity index (χ1n) is 5.73. The molecule has 0 aromatic carbocycles. The molecule has 0 N–H and O–H groups in total. The molecule has 0 heterocycles. The van der Waals surface area contributed by atoms with Crippen LogP contribution in [0.5, 0.6) is 0 Å². The summed E-state index contributed by atoms with van der Waals surface area (Å²) in [7, 11) is -4.08. The van der Waals surface area contributed by atoms with Gasteiger partial charge in [0.1, 0.15) is 0 Å². The average molecular weight is 369 g/mol. The summed E-state index contributed by atoms with van der Waals surface area (Å²) < 4.78 is 32.0. The molecule has 18 heavy (non-hydrogen) atoms. The van der Waals surface area contributed by atoms with Gasteiger partial charge in [-0.2, -0.15) is 0 Å². The van der Waals surface area contributed by atoms with Gasteiger partial charge in [0, 0.05) is 0 Å². The molecule has 1 radical (unpaired) electrons. The molecule has 0 aromatic heterocycles. The van der Waals surface area contributed by atoms with Crippen LogP contribution in [0.15, 0.2) is 0 Å². The smallest absolute Gasteiger partial charge is 1.00 e. The second-order valence-corrected chi connectivity index (χ2v) is 16.5. The van der Waals surface area contributed by atoms with Gasteiger partial charge in [-0.15, -0.1) is 0 Å². The standard InChI is InChI=1S/C11H25O3PSSe.Na/c1-10(2,3)15(17,11(4,5)6)8-7-9-16(12,13)14;/h7-9H2,1-6H3,(H,12,13,14);/q2*+1/p-1. The van der Waals surface area contributed by atoms with Crippen LogP contribution < -0.4 is 29.6 Å². The summed E-state index contributed by atoms with van der Waals surface area (Å²) in [5.74, 6) is -1.70. The summed E-state index contributed by atoms with van der Waals surface area (Å²) in [6.45, 7) is 13.1. The van der Waals surface area contributed by atoms with Crippen LogP contribution in [0.3, 0.4) is 0 Å². The van der Waals surface area contributed by atoms with Crippen LogP contribution in [0, 0.1) is 0 Å². The van der Waals surface area contributed by atoms with Crippen molar-refractivity contribution >= 4 is 31.6 Å². The Hall–Kier alpha value is 1.86. The molecule has 0 saturated heterocycles. The largest absolute Gasteiger partial charge is 1.00 e. The minimum absolute atomic E-state index is 0. The average Bonchev–Trinajstić information content (AvgIpc) is 1.96. The Bertz CT molecular complexity index is 343. The van der Waals surface area contributed by atoms with Crippen molar-refractivity contribution in [2.75, 3.05) is 11.9 Å². The van der Waals surface area contributed by atoms with Gasteiger partial charge in [0.15, 0.2) is 0 Å². The van der Waals surface area contributed by atoms with Crippen LogP contribution in [0.4, 0.5) is 0 Å². The van der Waals surface area contributed by atoms with Gasteiger partial charge < -0.3 is 0 Å². The van der Waals surface area contributed by atoms with E-state index in [1.165, 1.54) is 0 Å². The Morgan fingerprint density at radius 3 is 1.61 bits per heavy atom. The molecule has 0 saturated carbocycles. The predicted molar refractivity (Wildman–Crippen MR) is 76.2 cm³/mol. The third-order valence-electron chi connectivity index (χ3n) is 3.03. The molecule has 0 aliphatic carbocycles. The molecule has 103 valence electrons. The van der Waals surface area contributed by atoms with Crippen molar-refractivity contribution in [3.63, 3.8) is 0 Å². The molecule has 0 atom stereocenters. The molecule has 0 aromatic rings. The maximum Gasteiger partial charge on any atom is 1.00 e. The summed E-state index contributed by atoms with van der Waals surface area (Å²) in [4.78, 5) is 0. The maximum atomic E-state index is 10.7. The minimum atomic E-state index is -4.08. The first kappa shape index (κ1) is 22.1. The summed E-state index contributed by atoms with van der Waals surface area (Å²) in [5.41, 5.74) is 0. The van der Waals surface area contributed by atoms with Gasteiger partial charge in [0.25, 0.3) is 0 Å². The zero-order valence-electron chi connectivity index (χ0n) is 12.6. The van der Waals surface area contributed by atoms with E-state index in [0.29, 0.717) is 6.42 Å². The number of hydrogen-bond acceptors (Lipinski definition) is 3. The fourth-order valence-corrected chi connectivity index (χ4v) is 7.62. The van der Waals surface area contributed by atoms with Crippen molar-refractivity contribution in [3.05, 3.63) is 0 Å². The van der Waals surface area contributed by atoms with Gasteiger partial charge in [-0.05, 0) is 0 Å². The van der Waals surface area contributed by atoms with Crippen molar-refractivity contribution in [1.82, 2.24) is 0 Å². The monoisotopic (exact) mass is 370 g/mol. The SMILES string of the molecule is CC(C)(C)[P+]([Se])(CCCS(=O)(=O)[O-])C(C)(C)C.[Na+]. The molecule has 0 amide bonds. The Labute approximate surface area is 143 Å². The van der Waals surface area contributed by atoms with Gasteiger partial charge in [0.2, 0.25) is 0 Å². The Morgan fingerprint density at radius 1 is 1.06 bits per heavy atom. The normalized spacial score (nSPS) is 14.2. The summed E-state index contributed by atoms with van der Waals surface area (Å²) >= 11 is 3.37. The van der Waals surface area contributed by atoms with E-state index >= 15 is 0 Å². The van der Waals surface area contributed by atoms with Crippen molar-refractivity contribution in [3.8, 4) is 0 Å². The molecule has 0 unspecified atom stereocenters. The Balaban J connectivity index is 0. The van der Waals surface area contributed by atoms with Crippen LogP contribution in [0.1, 0.15) is 48.0 Å². The van der Waals surface area contributed by atoms with Crippen LogP contribution in [0.25, 0.3) is 0 Å². The first-order chi connectivity index (χ1) is 7.21. The van der Waals surface area contributed by atoms with Gasteiger partial charge in [0.05, 0.1) is 0 Å². The van der Waals surface area contributed by atoms with Crippen molar-refractivity contribution < 1.29 is 42.5 Å². The first-order valence-corrected chi connectivity index (χ1v) is 11.5. The van der Waals surface area contributed by atoms with E-state index in [1.54, 1.807) is 0 Å². The summed E-state index contributed by atoms with van der Waals surface area (Å²) in [6.07, 6.45) is 1.27. The molecular weight excluding hydrogens is 345 g/mol. The molecule has 3 nitrogen and oxygen atoms in total. The van der Waals surface area contributed by atoms with Crippen LogP contribution in [-0.4, -0.2) is 50.8 Å². The third-order valence-corrected chi connectivity index (χ3v) is 17.1. The maximum absolute atomic E-state index is 10.7. The van der Waals surface area contributed by atoms with Crippen LogP contribution in [-0.2, 0) is 10.1 Å². The third kappa shape index (κ3) is 6.54. The molecule has 0 fully saturated rings. The van der Waals surface area contributed by atoms with E-state index in [0.717, 1.165) is 6.16 Å². The molecule has 0 spiro atoms. The van der Waals surface area contributed by atoms with E-state index in [4.69, 9.17) is 0 Å². The number of hydrogen-bond donors (Lipinski definition) is 0. The topological polar surface area (TPSA) is 57.2 Å². The fourth-order valence-electron chi connectivity index (χ4n) is 2.14. The molecule has 0 rings (SSSR count). The van der Waals surface area contributed by atoms with Gasteiger partial charge >= 0.3 is 144 Å². The predicted octanol–water partition coefficient (Wildman–Crippen LogP) is -0.376. The zero-order valence-corrected chi connectivity index (χ0v) is 18.0. The van der Waals surface area contributed by atoms with Crippen LogP contribution in [0.2, 0.25) is 0 Å². The number of rotatable bonds is 4. The van der Waals surface area contributed by atoms with Crippen molar-refractivity contribution in [2.45, 2.75) is 58.3 Å². The van der Waals surface area contributed by atoms with E-state index in [1.807, 2.05) is 0 Å². The van der Waals surface area contributed by atoms with E-state index in [2.05, 4.69) is 57.1 Å². The van der Waals surface area contributed by atoms with Crippen molar-refractivity contribution in [2.24, 2.45) is 0 Å². The molecule has 7 heteroatoms. The van der Waals surface area contributed by atoms with Gasteiger partial charge in [-0.25, -0.2) is 0 Å².